The molecule has 0 heterocycles. The molecule has 2 saturated carbocycles. The molecule has 2 rings (SSSR count). The molecule has 0 aromatic rings. The molecule has 2 fully saturated rings. The van der Waals surface area contributed by atoms with Gasteiger partial charge in [0.25, 0.3) is 0 Å². The normalized spacial score (nSPS) is 41.1. The Morgan fingerprint density at radius 1 is 1.21 bits per heavy atom. The topological polar surface area (TPSA) is 0 Å². The molecule has 0 aromatic heterocycles. The summed E-state index contributed by atoms with van der Waals surface area (Å²) in [6.07, 6.45) is 6.02. The lowest BCUT2D eigenvalue weighted by molar-refractivity contribution is 0.205. The Balaban J connectivity index is 1.84. The fourth-order valence-corrected chi connectivity index (χ4v) is 4.54. The van der Waals surface area contributed by atoms with Crippen molar-refractivity contribution in [1.82, 2.24) is 0 Å². The van der Waals surface area contributed by atoms with Crippen LogP contribution in [0.5, 0.6) is 0 Å². The number of hydrogen-bond acceptors (Lipinski definition) is 2. The summed E-state index contributed by atoms with van der Waals surface area (Å²) >= 11 is 4.23. The first-order chi connectivity index (χ1) is 6.72. The molecule has 0 aliphatic heterocycles. The summed E-state index contributed by atoms with van der Waals surface area (Å²) in [4.78, 5) is 0. The van der Waals surface area contributed by atoms with Gasteiger partial charge in [0.15, 0.2) is 0 Å². The fraction of sp³-hybridized carbons (Fsp3) is 1.00. The minimum Gasteiger partial charge on any atom is -0.111 e. The van der Waals surface area contributed by atoms with Gasteiger partial charge in [0.05, 0.1) is 0 Å². The van der Waals surface area contributed by atoms with Gasteiger partial charge in [0.2, 0.25) is 0 Å². The highest BCUT2D eigenvalue weighted by Gasteiger charge is 2.45. The quantitative estimate of drug-likeness (QED) is 0.556. The van der Waals surface area contributed by atoms with E-state index in [1.54, 1.807) is 17.2 Å². The predicted octanol–water partition coefficient (Wildman–Crippen LogP) is 4.27. The van der Waals surface area contributed by atoms with E-state index in [2.05, 4.69) is 25.5 Å². The molecule has 0 nitrogen and oxygen atoms in total. The van der Waals surface area contributed by atoms with Gasteiger partial charge in [-0.25, -0.2) is 0 Å². The van der Waals surface area contributed by atoms with Gasteiger partial charge in [-0.3, -0.25) is 0 Å². The van der Waals surface area contributed by atoms with E-state index in [4.69, 9.17) is 0 Å². The zero-order valence-electron chi connectivity index (χ0n) is 9.28. The van der Waals surface area contributed by atoms with Gasteiger partial charge in [0.1, 0.15) is 0 Å². The molecule has 2 heteroatoms. The Labute approximate surface area is 97.4 Å². The summed E-state index contributed by atoms with van der Waals surface area (Å²) in [6.45, 7) is 4.81. The third kappa shape index (κ3) is 2.11. The van der Waals surface area contributed by atoms with E-state index in [1.165, 1.54) is 25.0 Å². The maximum Gasteiger partial charge on any atom is 0.00372 e. The minimum atomic E-state index is 0.921. The largest absolute Gasteiger partial charge is 0.111 e. The van der Waals surface area contributed by atoms with Crippen molar-refractivity contribution >= 4 is 22.5 Å². The van der Waals surface area contributed by atoms with Gasteiger partial charge in [-0.15, -0.1) is 11.7 Å². The van der Waals surface area contributed by atoms with Crippen molar-refractivity contribution < 1.29 is 0 Å². The van der Waals surface area contributed by atoms with Crippen LogP contribution in [0.25, 0.3) is 0 Å². The zero-order valence-corrected chi connectivity index (χ0v) is 11.0. The molecule has 0 radical (unpaired) electrons. The van der Waals surface area contributed by atoms with Crippen molar-refractivity contribution in [1.29, 1.82) is 0 Å². The van der Waals surface area contributed by atoms with E-state index in [-0.39, 0.29) is 0 Å². The summed E-state index contributed by atoms with van der Waals surface area (Å²) in [5, 5.41) is 0. The van der Waals surface area contributed by atoms with Crippen LogP contribution in [0.1, 0.15) is 39.5 Å². The summed E-state index contributed by atoms with van der Waals surface area (Å²) < 4.78 is 0. The molecular formula is C12H22S2. The molecule has 2 aliphatic rings. The Bertz CT molecular complexity index is 191. The molecule has 2 bridgehead atoms. The van der Waals surface area contributed by atoms with Gasteiger partial charge in [-0.05, 0) is 55.3 Å². The van der Waals surface area contributed by atoms with E-state index in [0.29, 0.717) is 0 Å². The van der Waals surface area contributed by atoms with Crippen molar-refractivity contribution in [2.24, 2.45) is 29.6 Å². The summed E-state index contributed by atoms with van der Waals surface area (Å²) in [6, 6.07) is 0. The van der Waals surface area contributed by atoms with Crippen LogP contribution < -0.4 is 0 Å². The molecule has 4 unspecified atom stereocenters. The Hall–Kier alpha value is 0.700. The molecule has 0 amide bonds. The molecule has 0 saturated heterocycles. The lowest BCUT2D eigenvalue weighted by Gasteiger charge is -2.30. The fourth-order valence-electron chi connectivity index (χ4n) is 3.81. The second-order valence-corrected chi connectivity index (χ2v) is 6.96. The van der Waals surface area contributed by atoms with Crippen LogP contribution >= 0.6 is 22.5 Å². The number of thiol groups is 1. The van der Waals surface area contributed by atoms with Crippen molar-refractivity contribution in [2.75, 3.05) is 5.75 Å². The van der Waals surface area contributed by atoms with Crippen LogP contribution in [0.15, 0.2) is 0 Å². The van der Waals surface area contributed by atoms with Gasteiger partial charge < -0.3 is 0 Å². The highest BCUT2D eigenvalue weighted by Crippen LogP contribution is 2.55. The third-order valence-corrected chi connectivity index (χ3v) is 5.46. The van der Waals surface area contributed by atoms with Gasteiger partial charge in [-0.2, -0.15) is 0 Å². The summed E-state index contributed by atoms with van der Waals surface area (Å²) in [5.74, 6) is 6.44. The molecule has 2 aliphatic carbocycles. The minimum absolute atomic E-state index is 0.921. The van der Waals surface area contributed by atoms with E-state index < -0.39 is 0 Å². The molecule has 14 heavy (non-hydrogen) atoms. The molecular weight excluding hydrogens is 208 g/mol. The average Bonchev–Trinajstić information content (AvgIpc) is 2.72. The molecule has 0 spiro atoms. The van der Waals surface area contributed by atoms with E-state index in [9.17, 15) is 0 Å². The highest BCUT2D eigenvalue weighted by atomic mass is 33.1. The average molecular weight is 230 g/mol. The number of rotatable bonds is 4. The van der Waals surface area contributed by atoms with Gasteiger partial charge in [0, 0.05) is 5.75 Å². The molecule has 4 atom stereocenters. The van der Waals surface area contributed by atoms with Crippen molar-refractivity contribution in [3.8, 4) is 0 Å². The van der Waals surface area contributed by atoms with E-state index >= 15 is 0 Å². The smallest absolute Gasteiger partial charge is 0.00372 e. The standard InChI is InChI=1S/C12H22S2/c1-8(2)12-7-10-6-11(12)5-9(10)3-4-14-13/h8-13H,3-7H2,1-2H3. The lowest BCUT2D eigenvalue weighted by Crippen LogP contribution is -2.21. The van der Waals surface area contributed by atoms with Crippen molar-refractivity contribution in [3.63, 3.8) is 0 Å². The Morgan fingerprint density at radius 3 is 2.50 bits per heavy atom. The third-order valence-electron chi connectivity index (χ3n) is 4.49. The summed E-state index contributed by atoms with van der Waals surface area (Å²) in [5.41, 5.74) is 0. The first kappa shape index (κ1) is 11.2. The van der Waals surface area contributed by atoms with Crippen LogP contribution in [0, 0.1) is 29.6 Å². The molecule has 0 N–H and O–H groups in total. The van der Waals surface area contributed by atoms with E-state index in [1.807, 2.05) is 0 Å². The lowest BCUT2D eigenvalue weighted by atomic mass is 9.76. The Kier molecular flexibility index (Phi) is 3.75. The monoisotopic (exact) mass is 230 g/mol. The maximum absolute atomic E-state index is 4.23. The van der Waals surface area contributed by atoms with Gasteiger partial charge >= 0.3 is 0 Å². The predicted molar refractivity (Wildman–Crippen MR) is 68.7 cm³/mol. The van der Waals surface area contributed by atoms with Crippen LogP contribution in [-0.4, -0.2) is 5.75 Å². The number of fused-ring (bicyclic) bond motifs is 2. The highest BCUT2D eigenvalue weighted by molar-refractivity contribution is 8.68. The van der Waals surface area contributed by atoms with Crippen molar-refractivity contribution in [3.05, 3.63) is 0 Å². The first-order valence-corrected chi connectivity index (χ1v) is 8.02. The second kappa shape index (κ2) is 4.69. The first-order valence-electron chi connectivity index (χ1n) is 5.98. The van der Waals surface area contributed by atoms with Gasteiger partial charge in [-0.1, -0.05) is 24.6 Å². The van der Waals surface area contributed by atoms with Crippen LogP contribution in [-0.2, 0) is 0 Å². The van der Waals surface area contributed by atoms with E-state index in [0.717, 1.165) is 29.6 Å². The zero-order chi connectivity index (χ0) is 10.1. The number of hydrogen-bond donors (Lipinski definition) is 1. The Morgan fingerprint density at radius 2 is 2.00 bits per heavy atom. The van der Waals surface area contributed by atoms with Crippen LogP contribution in [0.2, 0.25) is 0 Å². The maximum atomic E-state index is 4.23. The second-order valence-electron chi connectivity index (χ2n) is 5.52. The molecule has 82 valence electrons. The van der Waals surface area contributed by atoms with Crippen molar-refractivity contribution in [2.45, 2.75) is 39.5 Å². The summed E-state index contributed by atoms with van der Waals surface area (Å²) in [7, 11) is 1.72. The molecule has 0 aromatic carbocycles. The van der Waals surface area contributed by atoms with Crippen LogP contribution in [0.3, 0.4) is 0 Å². The SMILES string of the molecule is CC(C)C1CC2CC1CC2CCSS. The van der Waals surface area contributed by atoms with Crippen LogP contribution in [0.4, 0.5) is 0 Å².